The summed E-state index contributed by atoms with van der Waals surface area (Å²) in [6, 6.07) is 8.36. The van der Waals surface area contributed by atoms with Crippen LogP contribution in [0.1, 0.15) is 35.5 Å². The number of carbonyl (C=O) groups is 3. The molecule has 3 N–H and O–H groups in total. The number of ether oxygens (including phenoxy) is 1. The van der Waals surface area contributed by atoms with Crippen molar-refractivity contribution in [3.05, 3.63) is 40.8 Å². The third-order valence-electron chi connectivity index (χ3n) is 4.10. The second-order valence-electron chi connectivity index (χ2n) is 6.01. The van der Waals surface area contributed by atoms with Crippen molar-refractivity contribution in [2.45, 2.75) is 32.7 Å². The first-order valence-corrected chi connectivity index (χ1v) is 9.59. The molecule has 2 aromatic rings. The summed E-state index contributed by atoms with van der Waals surface area (Å²) in [6.45, 7) is 3.96. The molecule has 1 atom stereocenters. The van der Waals surface area contributed by atoms with Crippen LogP contribution in [0.5, 0.6) is 0 Å². The summed E-state index contributed by atoms with van der Waals surface area (Å²) in [7, 11) is 0. The molecule has 1 aromatic carbocycles. The molecule has 0 bridgehead atoms. The van der Waals surface area contributed by atoms with Gasteiger partial charge in [0.2, 0.25) is 11.8 Å². The van der Waals surface area contributed by atoms with Crippen LogP contribution < -0.4 is 16.0 Å². The number of hydrogen-bond acceptors (Lipinski definition) is 6. The molecule has 1 aliphatic heterocycles. The van der Waals surface area contributed by atoms with Crippen molar-refractivity contribution in [2.24, 2.45) is 0 Å². The summed E-state index contributed by atoms with van der Waals surface area (Å²) in [5.41, 5.74) is 1.81. The van der Waals surface area contributed by atoms with E-state index in [1.54, 1.807) is 19.1 Å². The van der Waals surface area contributed by atoms with E-state index in [9.17, 15) is 14.4 Å². The molecule has 0 saturated heterocycles. The predicted octanol–water partition coefficient (Wildman–Crippen LogP) is 3.25. The van der Waals surface area contributed by atoms with Crippen LogP contribution in [0, 0.1) is 0 Å². The number of benzene rings is 1. The molecular formula is C19H21N3O4S. The number of para-hydroxylation sites is 2. The van der Waals surface area contributed by atoms with Crippen LogP contribution >= 0.6 is 11.3 Å². The Morgan fingerprint density at radius 2 is 1.96 bits per heavy atom. The average Bonchev–Trinajstić information content (AvgIpc) is 3.05. The van der Waals surface area contributed by atoms with E-state index in [2.05, 4.69) is 16.0 Å². The highest BCUT2D eigenvalue weighted by atomic mass is 32.1. The summed E-state index contributed by atoms with van der Waals surface area (Å²) in [6.07, 6.45) is 0.693. The minimum absolute atomic E-state index is 0.0538. The molecule has 2 amide bonds. The summed E-state index contributed by atoms with van der Waals surface area (Å²) >= 11 is 1.34. The second kappa shape index (κ2) is 8.22. The van der Waals surface area contributed by atoms with E-state index in [1.807, 2.05) is 25.1 Å². The predicted molar refractivity (Wildman–Crippen MR) is 105 cm³/mol. The van der Waals surface area contributed by atoms with Gasteiger partial charge in [-0.05, 0) is 31.5 Å². The van der Waals surface area contributed by atoms with Crippen LogP contribution in [-0.4, -0.2) is 30.4 Å². The number of carbonyl (C=O) groups excluding carboxylic acids is 3. The zero-order chi connectivity index (χ0) is 19.4. The quantitative estimate of drug-likeness (QED) is 0.661. The maximum Gasteiger partial charge on any atom is 0.341 e. The first kappa shape index (κ1) is 18.9. The van der Waals surface area contributed by atoms with Crippen molar-refractivity contribution in [2.75, 3.05) is 22.6 Å². The fourth-order valence-electron chi connectivity index (χ4n) is 2.77. The van der Waals surface area contributed by atoms with Gasteiger partial charge in [-0.1, -0.05) is 19.1 Å². The Balaban J connectivity index is 1.70. The molecule has 0 aliphatic carbocycles. The summed E-state index contributed by atoms with van der Waals surface area (Å²) in [5, 5.41) is 9.07. The number of rotatable bonds is 6. The van der Waals surface area contributed by atoms with Crippen LogP contribution in [-0.2, 0) is 20.7 Å². The Kier molecular flexibility index (Phi) is 5.75. The molecule has 0 radical (unpaired) electrons. The van der Waals surface area contributed by atoms with Crippen molar-refractivity contribution >= 4 is 45.5 Å². The highest BCUT2D eigenvalue weighted by Gasteiger charge is 2.28. The monoisotopic (exact) mass is 387 g/mol. The summed E-state index contributed by atoms with van der Waals surface area (Å²) in [4.78, 5) is 37.8. The van der Waals surface area contributed by atoms with Crippen LogP contribution in [0.2, 0.25) is 0 Å². The van der Waals surface area contributed by atoms with E-state index in [1.165, 1.54) is 11.3 Å². The molecule has 1 aromatic heterocycles. The molecule has 1 aliphatic rings. The normalized spacial score (nSPS) is 15.3. The third kappa shape index (κ3) is 4.28. The number of thiophene rings is 1. The standard InChI is InChI=1S/C19H21N3O4S/c1-3-11-9-12(19(25)26-4-2)18(27-11)22-16(23)10-15-17(24)21-14-8-6-5-7-13(14)20-15/h5-9,15,20H,3-4,10H2,1-2H3,(H,21,24)(H,22,23). The molecule has 27 heavy (non-hydrogen) atoms. The van der Waals surface area contributed by atoms with E-state index in [-0.39, 0.29) is 24.8 Å². The van der Waals surface area contributed by atoms with E-state index < -0.39 is 12.0 Å². The van der Waals surface area contributed by atoms with Crippen LogP contribution in [0.15, 0.2) is 30.3 Å². The van der Waals surface area contributed by atoms with Gasteiger partial charge in [-0.2, -0.15) is 0 Å². The van der Waals surface area contributed by atoms with Crippen LogP contribution in [0.3, 0.4) is 0 Å². The number of aryl methyl sites for hydroxylation is 1. The molecular weight excluding hydrogens is 366 g/mol. The number of esters is 1. The first-order valence-electron chi connectivity index (χ1n) is 8.78. The molecule has 0 spiro atoms. The number of fused-ring (bicyclic) bond motifs is 1. The van der Waals surface area contributed by atoms with Gasteiger partial charge in [0.1, 0.15) is 11.0 Å². The molecule has 142 valence electrons. The van der Waals surface area contributed by atoms with Gasteiger partial charge in [-0.3, -0.25) is 9.59 Å². The lowest BCUT2D eigenvalue weighted by atomic mass is 10.1. The number of nitrogens with one attached hydrogen (secondary N) is 3. The van der Waals surface area contributed by atoms with Gasteiger partial charge < -0.3 is 20.7 Å². The van der Waals surface area contributed by atoms with E-state index in [4.69, 9.17) is 4.74 Å². The lowest BCUT2D eigenvalue weighted by Crippen LogP contribution is -2.41. The molecule has 8 heteroatoms. The van der Waals surface area contributed by atoms with Crippen LogP contribution in [0.25, 0.3) is 0 Å². The minimum Gasteiger partial charge on any atom is -0.462 e. The zero-order valence-corrected chi connectivity index (χ0v) is 15.9. The fourth-order valence-corrected chi connectivity index (χ4v) is 3.77. The molecule has 7 nitrogen and oxygen atoms in total. The smallest absolute Gasteiger partial charge is 0.341 e. The van der Waals surface area contributed by atoms with Crippen molar-refractivity contribution in [3.8, 4) is 0 Å². The van der Waals surface area contributed by atoms with Crippen molar-refractivity contribution in [1.82, 2.24) is 0 Å². The third-order valence-corrected chi connectivity index (χ3v) is 5.30. The number of hydrogen-bond donors (Lipinski definition) is 3. The highest BCUT2D eigenvalue weighted by Crippen LogP contribution is 2.30. The van der Waals surface area contributed by atoms with Gasteiger partial charge in [0, 0.05) is 4.88 Å². The summed E-state index contributed by atoms with van der Waals surface area (Å²) < 4.78 is 5.05. The fraction of sp³-hybridized carbons (Fsp3) is 0.316. The van der Waals surface area contributed by atoms with Crippen molar-refractivity contribution in [3.63, 3.8) is 0 Å². The Hall–Kier alpha value is -2.87. The lowest BCUT2D eigenvalue weighted by Gasteiger charge is -2.26. The summed E-state index contributed by atoms with van der Waals surface area (Å²) in [5.74, 6) is -1.09. The van der Waals surface area contributed by atoms with Gasteiger partial charge in [0.15, 0.2) is 0 Å². The van der Waals surface area contributed by atoms with E-state index in [0.29, 0.717) is 16.3 Å². The minimum atomic E-state index is -0.684. The number of anilines is 3. The molecule has 0 saturated carbocycles. The van der Waals surface area contributed by atoms with Gasteiger partial charge >= 0.3 is 5.97 Å². The number of amides is 2. The Labute approximate surface area is 161 Å². The maximum absolute atomic E-state index is 12.5. The van der Waals surface area contributed by atoms with Gasteiger partial charge in [0.05, 0.1) is 30.0 Å². The zero-order valence-electron chi connectivity index (χ0n) is 15.1. The Bertz CT molecular complexity index is 878. The first-order chi connectivity index (χ1) is 13.0. The molecule has 3 rings (SSSR count). The van der Waals surface area contributed by atoms with E-state index >= 15 is 0 Å². The molecule has 0 fully saturated rings. The lowest BCUT2D eigenvalue weighted by molar-refractivity contribution is -0.122. The largest absolute Gasteiger partial charge is 0.462 e. The molecule has 1 unspecified atom stereocenters. The Morgan fingerprint density at radius 3 is 2.67 bits per heavy atom. The van der Waals surface area contributed by atoms with Crippen molar-refractivity contribution < 1.29 is 19.1 Å². The topological polar surface area (TPSA) is 96.5 Å². The maximum atomic E-state index is 12.5. The average molecular weight is 387 g/mol. The Morgan fingerprint density at radius 1 is 1.22 bits per heavy atom. The van der Waals surface area contributed by atoms with Gasteiger partial charge in [0.25, 0.3) is 0 Å². The SMILES string of the molecule is CCOC(=O)c1cc(CC)sc1NC(=O)CC1Nc2ccccc2NC1=O. The van der Waals surface area contributed by atoms with Crippen LogP contribution in [0.4, 0.5) is 16.4 Å². The molecule has 2 heterocycles. The van der Waals surface area contributed by atoms with Gasteiger partial charge in [-0.25, -0.2) is 4.79 Å². The highest BCUT2D eigenvalue weighted by molar-refractivity contribution is 7.16. The van der Waals surface area contributed by atoms with Crippen molar-refractivity contribution in [1.29, 1.82) is 0 Å². The van der Waals surface area contributed by atoms with Gasteiger partial charge in [-0.15, -0.1) is 11.3 Å². The van der Waals surface area contributed by atoms with E-state index in [0.717, 1.165) is 17.0 Å². The second-order valence-corrected chi connectivity index (χ2v) is 7.15.